The topological polar surface area (TPSA) is 96.9 Å². The van der Waals surface area contributed by atoms with E-state index in [0.29, 0.717) is 23.8 Å². The Morgan fingerprint density at radius 1 is 1.28 bits per heavy atom. The number of hydrogen-bond donors (Lipinski definition) is 3. The number of nitrogens with two attached hydrogens (primary N) is 1. The van der Waals surface area contributed by atoms with Crippen LogP contribution in [-0.2, 0) is 4.43 Å². The van der Waals surface area contributed by atoms with Gasteiger partial charge in [-0.05, 0) is 49.9 Å². The number of amidine groups is 1. The maximum absolute atomic E-state index is 7.46. The van der Waals surface area contributed by atoms with E-state index in [1.165, 1.54) is 0 Å². The van der Waals surface area contributed by atoms with Crippen molar-refractivity contribution in [2.75, 3.05) is 5.32 Å². The van der Waals surface area contributed by atoms with Gasteiger partial charge < -0.3 is 15.5 Å². The first kappa shape index (κ1) is 21.9. The average Bonchev–Trinajstić information content (AvgIpc) is 2.48. The van der Waals surface area contributed by atoms with Gasteiger partial charge in [0.2, 0.25) is 5.95 Å². The Hall–Kier alpha value is -1.18. The highest BCUT2D eigenvalue weighted by molar-refractivity contribution is 6.74. The van der Waals surface area contributed by atoms with Gasteiger partial charge in [0.1, 0.15) is 11.5 Å². The Morgan fingerprint density at radius 3 is 2.40 bits per heavy atom. The van der Waals surface area contributed by atoms with Crippen LogP contribution < -0.4 is 11.1 Å². The second kappa shape index (κ2) is 8.47. The first-order valence-corrected chi connectivity index (χ1v) is 11.6. The second-order valence-corrected chi connectivity index (χ2v) is 12.9. The molecular weight excluding hydrogens is 354 g/mol. The lowest BCUT2D eigenvalue weighted by atomic mass is 9.93. The lowest BCUT2D eigenvalue weighted by molar-refractivity contribution is 0.133. The number of halogens is 1. The molecule has 0 aliphatic heterocycles. The molecule has 8 heteroatoms. The fraction of sp³-hybridized carbons (Fsp3) is 0.706. The van der Waals surface area contributed by atoms with Crippen LogP contribution in [0, 0.1) is 5.41 Å². The molecule has 0 aromatic carbocycles. The summed E-state index contributed by atoms with van der Waals surface area (Å²) in [5.74, 6) is 0.517. The summed E-state index contributed by atoms with van der Waals surface area (Å²) in [5.41, 5.74) is 5.94. The Balaban J connectivity index is 0.00000312. The second-order valence-electron chi connectivity index (χ2n) is 8.18. The molecule has 0 amide bonds. The van der Waals surface area contributed by atoms with Gasteiger partial charge in [-0.1, -0.05) is 20.8 Å². The molecule has 1 aromatic heterocycles. The van der Waals surface area contributed by atoms with Gasteiger partial charge in [0, 0.05) is 18.3 Å². The molecular formula is C17H32ClN5OSi. The van der Waals surface area contributed by atoms with Crippen LogP contribution in [0.1, 0.15) is 52.1 Å². The first-order chi connectivity index (χ1) is 11.1. The van der Waals surface area contributed by atoms with Crippen molar-refractivity contribution in [3.63, 3.8) is 0 Å². The molecule has 1 saturated carbocycles. The summed E-state index contributed by atoms with van der Waals surface area (Å²) in [4.78, 5) is 8.51. The average molecular weight is 386 g/mol. The molecule has 0 bridgehead atoms. The molecule has 0 atom stereocenters. The van der Waals surface area contributed by atoms with Crippen LogP contribution in [0.3, 0.4) is 0 Å². The lowest BCUT2D eigenvalue weighted by Crippen LogP contribution is -2.45. The minimum absolute atomic E-state index is 0. The number of hydrogen-bond acceptors (Lipinski definition) is 5. The SMILES string of the molecule is CC(C)(C)[Si](C)(C)O[C@H]1CC[C@@H](Nc2nccc(C(=N)N)n2)CC1.Cl. The fourth-order valence-electron chi connectivity index (χ4n) is 2.68. The van der Waals surface area contributed by atoms with Crippen LogP contribution >= 0.6 is 12.4 Å². The van der Waals surface area contributed by atoms with Gasteiger partial charge in [0.15, 0.2) is 8.32 Å². The van der Waals surface area contributed by atoms with E-state index in [9.17, 15) is 0 Å². The molecule has 25 heavy (non-hydrogen) atoms. The van der Waals surface area contributed by atoms with Crippen molar-refractivity contribution in [1.29, 1.82) is 5.41 Å². The summed E-state index contributed by atoms with van der Waals surface area (Å²) in [5, 5.41) is 11.1. The number of anilines is 1. The van der Waals surface area contributed by atoms with E-state index in [0.717, 1.165) is 25.7 Å². The van der Waals surface area contributed by atoms with Crippen molar-refractivity contribution < 1.29 is 4.43 Å². The van der Waals surface area contributed by atoms with Gasteiger partial charge in [-0.25, -0.2) is 9.97 Å². The quantitative estimate of drug-likeness (QED) is 0.405. The normalized spacial score (nSPS) is 21.3. The molecule has 0 spiro atoms. The van der Waals surface area contributed by atoms with Crippen molar-refractivity contribution in [2.24, 2.45) is 5.73 Å². The molecule has 1 aromatic rings. The van der Waals surface area contributed by atoms with Gasteiger partial charge in [0.25, 0.3) is 0 Å². The summed E-state index contributed by atoms with van der Waals surface area (Å²) < 4.78 is 6.53. The van der Waals surface area contributed by atoms with Crippen LogP contribution in [0.2, 0.25) is 18.1 Å². The molecule has 2 rings (SSSR count). The summed E-state index contributed by atoms with van der Waals surface area (Å²) in [6.45, 7) is 11.5. The molecule has 1 aliphatic carbocycles. The van der Waals surface area contributed by atoms with Crippen molar-refractivity contribution in [3.8, 4) is 0 Å². The highest BCUT2D eigenvalue weighted by Crippen LogP contribution is 2.39. The molecule has 1 aliphatic rings. The molecule has 6 nitrogen and oxygen atoms in total. The third-order valence-corrected chi connectivity index (χ3v) is 9.74. The summed E-state index contributed by atoms with van der Waals surface area (Å²) >= 11 is 0. The standard InChI is InChI=1S/C17H31N5OSi.ClH/c1-17(2,3)24(4,5)23-13-8-6-12(7-9-13)21-16-20-11-10-14(22-16)15(18)19;/h10-13H,6-9H2,1-5H3,(H3,18,19)(H,20,21,22);1H/t12-,13+;. The van der Waals surface area contributed by atoms with E-state index >= 15 is 0 Å². The van der Waals surface area contributed by atoms with Crippen molar-refractivity contribution in [2.45, 2.75) is 76.7 Å². The fourth-order valence-corrected chi connectivity index (χ4v) is 4.10. The number of nitrogen functional groups attached to an aromatic ring is 1. The van der Waals surface area contributed by atoms with Crippen molar-refractivity contribution in [3.05, 3.63) is 18.0 Å². The van der Waals surface area contributed by atoms with E-state index < -0.39 is 8.32 Å². The highest BCUT2D eigenvalue weighted by atomic mass is 35.5. The van der Waals surface area contributed by atoms with Crippen molar-refractivity contribution in [1.82, 2.24) is 9.97 Å². The van der Waals surface area contributed by atoms with Crippen molar-refractivity contribution >= 4 is 32.5 Å². The number of rotatable bonds is 5. The monoisotopic (exact) mass is 385 g/mol. The highest BCUT2D eigenvalue weighted by Gasteiger charge is 2.39. The largest absolute Gasteiger partial charge is 0.414 e. The smallest absolute Gasteiger partial charge is 0.223 e. The zero-order chi connectivity index (χ0) is 18.0. The minimum Gasteiger partial charge on any atom is -0.414 e. The summed E-state index contributed by atoms with van der Waals surface area (Å²) in [6, 6.07) is 2.00. The summed E-state index contributed by atoms with van der Waals surface area (Å²) in [6.07, 6.45) is 6.24. The minimum atomic E-state index is -1.69. The van der Waals surface area contributed by atoms with Crippen LogP contribution in [0.4, 0.5) is 5.95 Å². The van der Waals surface area contributed by atoms with Crippen LogP contribution in [0.5, 0.6) is 0 Å². The van der Waals surface area contributed by atoms with Gasteiger partial charge in [-0.15, -0.1) is 12.4 Å². The zero-order valence-corrected chi connectivity index (χ0v) is 17.7. The third-order valence-electron chi connectivity index (χ3n) is 5.21. The third kappa shape index (κ3) is 5.93. The predicted molar refractivity (Wildman–Crippen MR) is 108 cm³/mol. The van der Waals surface area contributed by atoms with E-state index in [1.54, 1.807) is 12.3 Å². The maximum atomic E-state index is 7.46. The molecule has 0 saturated heterocycles. The lowest BCUT2D eigenvalue weighted by Gasteiger charge is -2.41. The molecule has 0 radical (unpaired) electrons. The number of aromatic nitrogens is 2. The molecule has 4 N–H and O–H groups in total. The van der Waals surface area contributed by atoms with E-state index in [1.807, 2.05) is 0 Å². The molecule has 1 heterocycles. The van der Waals surface area contributed by atoms with Gasteiger partial charge >= 0.3 is 0 Å². The summed E-state index contributed by atoms with van der Waals surface area (Å²) in [7, 11) is -1.69. The maximum Gasteiger partial charge on any atom is 0.223 e. The van der Waals surface area contributed by atoms with Gasteiger partial charge in [0.05, 0.1) is 0 Å². The van der Waals surface area contributed by atoms with E-state index in [2.05, 4.69) is 49.1 Å². The molecule has 0 unspecified atom stereocenters. The van der Waals surface area contributed by atoms with E-state index in [-0.39, 0.29) is 23.3 Å². The first-order valence-electron chi connectivity index (χ1n) is 8.70. The Bertz CT molecular complexity index is 583. The Kier molecular flexibility index (Phi) is 7.40. The van der Waals surface area contributed by atoms with Crippen LogP contribution in [-0.4, -0.2) is 36.3 Å². The number of nitrogens with one attached hydrogen (secondary N) is 2. The zero-order valence-electron chi connectivity index (χ0n) is 15.9. The van der Waals surface area contributed by atoms with Crippen LogP contribution in [0.25, 0.3) is 0 Å². The predicted octanol–water partition coefficient (Wildman–Crippen LogP) is 3.93. The molecule has 1 fully saturated rings. The Morgan fingerprint density at radius 2 is 1.88 bits per heavy atom. The van der Waals surface area contributed by atoms with E-state index in [4.69, 9.17) is 15.6 Å². The van der Waals surface area contributed by atoms with Crippen LogP contribution in [0.15, 0.2) is 12.3 Å². The Labute approximate surface area is 158 Å². The molecule has 142 valence electrons. The van der Waals surface area contributed by atoms with Gasteiger partial charge in [-0.3, -0.25) is 5.41 Å². The van der Waals surface area contributed by atoms with Gasteiger partial charge in [-0.2, -0.15) is 0 Å². The number of nitrogens with zero attached hydrogens (tertiary/aromatic N) is 2.